The molecule has 2 heteroatoms. The SMILES string of the molecule is Cc1ccccc1CNCC1CCOCC1. The summed E-state index contributed by atoms with van der Waals surface area (Å²) in [6.45, 7) is 6.17. The Hall–Kier alpha value is -0.860. The van der Waals surface area contributed by atoms with Gasteiger partial charge in [-0.05, 0) is 43.4 Å². The van der Waals surface area contributed by atoms with E-state index in [1.165, 1.54) is 24.0 Å². The maximum Gasteiger partial charge on any atom is 0.0469 e. The van der Waals surface area contributed by atoms with Crippen LogP contribution in [0.3, 0.4) is 0 Å². The van der Waals surface area contributed by atoms with Gasteiger partial charge in [-0.3, -0.25) is 0 Å². The second-order valence-electron chi connectivity index (χ2n) is 4.61. The van der Waals surface area contributed by atoms with Crippen molar-refractivity contribution in [2.45, 2.75) is 26.3 Å². The summed E-state index contributed by atoms with van der Waals surface area (Å²) < 4.78 is 5.36. The first-order chi connectivity index (χ1) is 7.86. The van der Waals surface area contributed by atoms with Crippen molar-refractivity contribution in [1.29, 1.82) is 0 Å². The molecular formula is C14H21NO. The van der Waals surface area contributed by atoms with Gasteiger partial charge in [0.25, 0.3) is 0 Å². The number of hydrogen-bond donors (Lipinski definition) is 1. The van der Waals surface area contributed by atoms with E-state index in [9.17, 15) is 0 Å². The predicted octanol–water partition coefficient (Wildman–Crippen LogP) is 2.51. The highest BCUT2D eigenvalue weighted by Gasteiger charge is 2.12. The average Bonchev–Trinajstić information content (AvgIpc) is 2.33. The minimum absolute atomic E-state index is 0.803. The lowest BCUT2D eigenvalue weighted by atomic mass is 10.0. The van der Waals surface area contributed by atoms with Crippen molar-refractivity contribution in [3.05, 3.63) is 35.4 Å². The first-order valence-corrected chi connectivity index (χ1v) is 6.19. The van der Waals surface area contributed by atoms with Crippen molar-refractivity contribution >= 4 is 0 Å². The molecule has 1 aromatic rings. The monoisotopic (exact) mass is 219 g/mol. The normalized spacial score (nSPS) is 17.6. The second kappa shape index (κ2) is 6.02. The van der Waals surface area contributed by atoms with Crippen molar-refractivity contribution in [2.75, 3.05) is 19.8 Å². The standard InChI is InChI=1S/C14H21NO/c1-12-4-2-3-5-14(12)11-15-10-13-6-8-16-9-7-13/h2-5,13,15H,6-11H2,1H3. The summed E-state index contributed by atoms with van der Waals surface area (Å²) in [4.78, 5) is 0. The molecule has 2 rings (SSSR count). The van der Waals surface area contributed by atoms with Gasteiger partial charge in [-0.15, -0.1) is 0 Å². The summed E-state index contributed by atoms with van der Waals surface area (Å²) in [6, 6.07) is 8.58. The third-order valence-electron chi connectivity index (χ3n) is 3.35. The minimum Gasteiger partial charge on any atom is -0.381 e. The van der Waals surface area contributed by atoms with E-state index in [0.29, 0.717) is 0 Å². The Labute approximate surface area is 98.0 Å². The van der Waals surface area contributed by atoms with Crippen molar-refractivity contribution in [3.63, 3.8) is 0 Å². The van der Waals surface area contributed by atoms with Crippen LogP contribution in [0, 0.1) is 12.8 Å². The van der Waals surface area contributed by atoms with Crippen LogP contribution in [0.25, 0.3) is 0 Å². The van der Waals surface area contributed by atoms with Crippen LogP contribution < -0.4 is 5.32 Å². The Morgan fingerprint density at radius 2 is 2.00 bits per heavy atom. The zero-order valence-corrected chi connectivity index (χ0v) is 10.0. The van der Waals surface area contributed by atoms with Crippen molar-refractivity contribution in [3.8, 4) is 0 Å². The molecule has 1 fully saturated rings. The lowest BCUT2D eigenvalue weighted by molar-refractivity contribution is 0.0662. The van der Waals surface area contributed by atoms with Gasteiger partial charge in [-0.1, -0.05) is 24.3 Å². The average molecular weight is 219 g/mol. The lowest BCUT2D eigenvalue weighted by Gasteiger charge is -2.22. The molecule has 0 atom stereocenters. The van der Waals surface area contributed by atoms with E-state index in [1.807, 2.05) is 0 Å². The van der Waals surface area contributed by atoms with Crippen LogP contribution >= 0.6 is 0 Å². The molecule has 1 heterocycles. The van der Waals surface area contributed by atoms with Crippen molar-refractivity contribution in [2.24, 2.45) is 5.92 Å². The molecule has 0 unspecified atom stereocenters. The van der Waals surface area contributed by atoms with E-state index < -0.39 is 0 Å². The number of nitrogens with one attached hydrogen (secondary N) is 1. The largest absolute Gasteiger partial charge is 0.381 e. The van der Waals surface area contributed by atoms with Gasteiger partial charge in [0.15, 0.2) is 0 Å². The van der Waals surface area contributed by atoms with Crippen LogP contribution in [0.5, 0.6) is 0 Å². The van der Waals surface area contributed by atoms with Crippen LogP contribution in [0.2, 0.25) is 0 Å². The van der Waals surface area contributed by atoms with E-state index in [2.05, 4.69) is 36.5 Å². The molecule has 0 aliphatic carbocycles. The molecule has 1 aromatic carbocycles. The zero-order valence-electron chi connectivity index (χ0n) is 10.0. The Morgan fingerprint density at radius 3 is 2.75 bits per heavy atom. The van der Waals surface area contributed by atoms with Gasteiger partial charge in [-0.2, -0.15) is 0 Å². The van der Waals surface area contributed by atoms with Crippen molar-refractivity contribution in [1.82, 2.24) is 5.32 Å². The Balaban J connectivity index is 1.73. The zero-order chi connectivity index (χ0) is 11.2. The summed E-state index contributed by atoms with van der Waals surface area (Å²) in [7, 11) is 0. The maximum atomic E-state index is 5.36. The number of ether oxygens (including phenoxy) is 1. The number of hydrogen-bond acceptors (Lipinski definition) is 2. The van der Waals surface area contributed by atoms with Gasteiger partial charge in [0.05, 0.1) is 0 Å². The van der Waals surface area contributed by atoms with Crippen LogP contribution in [0.15, 0.2) is 24.3 Å². The fourth-order valence-electron chi connectivity index (χ4n) is 2.17. The molecule has 1 aliphatic rings. The summed E-state index contributed by atoms with van der Waals surface area (Å²) >= 11 is 0. The van der Waals surface area contributed by atoms with Crippen LogP contribution in [-0.2, 0) is 11.3 Å². The Bertz CT molecular complexity index is 318. The Kier molecular flexibility index (Phi) is 4.37. The predicted molar refractivity (Wildman–Crippen MR) is 66.4 cm³/mol. The summed E-state index contributed by atoms with van der Waals surface area (Å²) in [5, 5.41) is 3.56. The smallest absolute Gasteiger partial charge is 0.0469 e. The van der Waals surface area contributed by atoms with E-state index in [1.54, 1.807) is 0 Å². The van der Waals surface area contributed by atoms with Crippen LogP contribution in [0.4, 0.5) is 0 Å². The topological polar surface area (TPSA) is 21.3 Å². The van der Waals surface area contributed by atoms with Gasteiger partial charge >= 0.3 is 0 Å². The van der Waals surface area contributed by atoms with E-state index in [4.69, 9.17) is 4.74 Å². The molecule has 1 saturated heterocycles. The molecule has 1 N–H and O–H groups in total. The van der Waals surface area contributed by atoms with Crippen LogP contribution in [-0.4, -0.2) is 19.8 Å². The number of benzene rings is 1. The highest BCUT2D eigenvalue weighted by Crippen LogP contribution is 2.13. The molecule has 0 saturated carbocycles. The highest BCUT2D eigenvalue weighted by atomic mass is 16.5. The molecule has 88 valence electrons. The summed E-state index contributed by atoms with van der Waals surface area (Å²) in [5.41, 5.74) is 2.79. The van der Waals surface area contributed by atoms with E-state index in [-0.39, 0.29) is 0 Å². The fraction of sp³-hybridized carbons (Fsp3) is 0.571. The molecule has 0 radical (unpaired) electrons. The first-order valence-electron chi connectivity index (χ1n) is 6.19. The second-order valence-corrected chi connectivity index (χ2v) is 4.61. The minimum atomic E-state index is 0.803. The Morgan fingerprint density at radius 1 is 1.25 bits per heavy atom. The number of aryl methyl sites for hydroxylation is 1. The molecule has 16 heavy (non-hydrogen) atoms. The molecule has 1 aliphatic heterocycles. The van der Waals surface area contributed by atoms with Crippen LogP contribution in [0.1, 0.15) is 24.0 Å². The van der Waals surface area contributed by atoms with E-state index in [0.717, 1.165) is 32.2 Å². The maximum absolute atomic E-state index is 5.36. The summed E-state index contributed by atoms with van der Waals surface area (Å²) in [5.74, 6) is 0.803. The molecule has 0 spiro atoms. The third-order valence-corrected chi connectivity index (χ3v) is 3.35. The molecule has 2 nitrogen and oxygen atoms in total. The van der Waals surface area contributed by atoms with Gasteiger partial charge in [0.2, 0.25) is 0 Å². The van der Waals surface area contributed by atoms with E-state index >= 15 is 0 Å². The summed E-state index contributed by atoms with van der Waals surface area (Å²) in [6.07, 6.45) is 2.42. The molecule has 0 bridgehead atoms. The fourth-order valence-corrected chi connectivity index (χ4v) is 2.17. The van der Waals surface area contributed by atoms with Gasteiger partial charge in [0.1, 0.15) is 0 Å². The van der Waals surface area contributed by atoms with Gasteiger partial charge < -0.3 is 10.1 Å². The number of rotatable bonds is 4. The highest BCUT2D eigenvalue weighted by molar-refractivity contribution is 5.25. The molecular weight excluding hydrogens is 198 g/mol. The third kappa shape index (κ3) is 3.32. The quantitative estimate of drug-likeness (QED) is 0.840. The van der Waals surface area contributed by atoms with Crippen molar-refractivity contribution < 1.29 is 4.74 Å². The lowest BCUT2D eigenvalue weighted by Crippen LogP contribution is -2.27. The first kappa shape index (κ1) is 11.6. The molecule has 0 aromatic heterocycles. The van der Waals surface area contributed by atoms with Gasteiger partial charge in [0, 0.05) is 19.8 Å². The molecule has 0 amide bonds. The van der Waals surface area contributed by atoms with Gasteiger partial charge in [-0.25, -0.2) is 0 Å².